The topological polar surface area (TPSA) is 117 Å². The van der Waals surface area contributed by atoms with Gasteiger partial charge in [-0.1, -0.05) is 42.5 Å². The highest BCUT2D eigenvalue weighted by molar-refractivity contribution is 5.96. The molecular weight excluding hydrogens is 372 g/mol. The molecule has 0 bridgehead atoms. The zero-order valence-corrected chi connectivity index (χ0v) is 15.1. The summed E-state index contributed by atoms with van der Waals surface area (Å²) in [7, 11) is 0. The molecule has 0 spiro atoms. The SMILES string of the molecule is O=C(O)c1ccccc1-c1ccc(CNc2nc(=O)n(O)c3ncccc23)cc1. The van der Waals surface area contributed by atoms with E-state index in [-0.39, 0.29) is 11.2 Å². The molecule has 0 aliphatic heterocycles. The Kier molecular flexibility index (Phi) is 4.66. The van der Waals surface area contributed by atoms with E-state index in [1.54, 1.807) is 36.4 Å². The maximum Gasteiger partial charge on any atom is 0.384 e. The van der Waals surface area contributed by atoms with Gasteiger partial charge in [0.2, 0.25) is 0 Å². The standard InChI is InChI=1S/C21H16N4O4/c26-20(27)16-5-2-1-4-15(16)14-9-7-13(8-10-14)12-23-18-17-6-3-11-22-19(17)25(29)21(28)24-18/h1-11,29H,12H2,(H,26,27)(H,23,24,28). The number of nitrogens with zero attached hydrogens (tertiary/aromatic N) is 3. The molecule has 3 N–H and O–H groups in total. The molecule has 0 fully saturated rings. The molecule has 0 unspecified atom stereocenters. The largest absolute Gasteiger partial charge is 0.478 e. The lowest BCUT2D eigenvalue weighted by Crippen LogP contribution is -2.23. The van der Waals surface area contributed by atoms with Gasteiger partial charge in [0.1, 0.15) is 5.82 Å². The summed E-state index contributed by atoms with van der Waals surface area (Å²) in [5, 5.41) is 22.7. The first kappa shape index (κ1) is 18.2. The third-order valence-corrected chi connectivity index (χ3v) is 4.51. The second-order valence-electron chi connectivity index (χ2n) is 6.33. The number of hydrogen-bond donors (Lipinski definition) is 3. The Balaban J connectivity index is 1.59. The number of fused-ring (bicyclic) bond motifs is 1. The van der Waals surface area contributed by atoms with E-state index < -0.39 is 11.7 Å². The quantitative estimate of drug-likeness (QED) is 0.450. The van der Waals surface area contributed by atoms with E-state index in [9.17, 15) is 19.9 Å². The summed E-state index contributed by atoms with van der Waals surface area (Å²) in [6.07, 6.45) is 1.48. The summed E-state index contributed by atoms with van der Waals surface area (Å²) in [6.45, 7) is 0.382. The van der Waals surface area contributed by atoms with Gasteiger partial charge in [-0.2, -0.15) is 4.98 Å². The Morgan fingerprint density at radius 2 is 1.79 bits per heavy atom. The van der Waals surface area contributed by atoms with Gasteiger partial charge in [-0.3, -0.25) is 0 Å². The van der Waals surface area contributed by atoms with Crippen LogP contribution in [-0.4, -0.2) is 31.0 Å². The van der Waals surface area contributed by atoms with Crippen LogP contribution in [0.25, 0.3) is 22.2 Å². The number of benzene rings is 2. The first-order valence-electron chi connectivity index (χ1n) is 8.77. The van der Waals surface area contributed by atoms with Crippen molar-refractivity contribution in [2.75, 3.05) is 5.32 Å². The summed E-state index contributed by atoms with van der Waals surface area (Å²) >= 11 is 0. The molecule has 2 heterocycles. The summed E-state index contributed by atoms with van der Waals surface area (Å²) in [5.41, 5.74) is 1.89. The molecule has 4 aromatic rings. The molecule has 0 aliphatic carbocycles. The van der Waals surface area contributed by atoms with E-state index in [1.807, 2.05) is 24.3 Å². The predicted octanol–water partition coefficient (Wildman–Crippen LogP) is 3.01. The van der Waals surface area contributed by atoms with Crippen LogP contribution < -0.4 is 11.0 Å². The molecule has 144 valence electrons. The lowest BCUT2D eigenvalue weighted by atomic mass is 9.99. The van der Waals surface area contributed by atoms with Crippen LogP contribution in [0.3, 0.4) is 0 Å². The van der Waals surface area contributed by atoms with E-state index >= 15 is 0 Å². The van der Waals surface area contributed by atoms with Crippen molar-refractivity contribution >= 4 is 22.8 Å². The number of nitrogens with one attached hydrogen (secondary N) is 1. The van der Waals surface area contributed by atoms with Gasteiger partial charge in [0.25, 0.3) is 0 Å². The van der Waals surface area contributed by atoms with Crippen molar-refractivity contribution in [1.82, 2.24) is 14.7 Å². The second kappa shape index (κ2) is 7.43. The lowest BCUT2D eigenvalue weighted by molar-refractivity contribution is 0.0697. The number of rotatable bonds is 5. The van der Waals surface area contributed by atoms with Crippen LogP contribution >= 0.6 is 0 Å². The van der Waals surface area contributed by atoms with Gasteiger partial charge in [0.05, 0.1) is 10.9 Å². The molecule has 2 aromatic carbocycles. The van der Waals surface area contributed by atoms with Crippen molar-refractivity contribution < 1.29 is 15.1 Å². The Bertz CT molecular complexity index is 1270. The van der Waals surface area contributed by atoms with Gasteiger partial charge >= 0.3 is 11.7 Å². The van der Waals surface area contributed by atoms with Gasteiger partial charge in [-0.05, 0) is 34.9 Å². The average molecular weight is 388 g/mol. The highest BCUT2D eigenvalue weighted by atomic mass is 16.5. The smallest absolute Gasteiger partial charge is 0.384 e. The minimum Gasteiger partial charge on any atom is -0.478 e. The van der Waals surface area contributed by atoms with Crippen molar-refractivity contribution in [1.29, 1.82) is 0 Å². The molecule has 0 saturated carbocycles. The molecule has 2 aromatic heterocycles. The van der Waals surface area contributed by atoms with Crippen LogP contribution in [0.5, 0.6) is 0 Å². The van der Waals surface area contributed by atoms with Crippen molar-refractivity contribution in [2.24, 2.45) is 0 Å². The zero-order chi connectivity index (χ0) is 20.4. The van der Waals surface area contributed by atoms with Crippen LogP contribution in [-0.2, 0) is 6.54 Å². The first-order valence-corrected chi connectivity index (χ1v) is 8.77. The van der Waals surface area contributed by atoms with E-state index in [4.69, 9.17) is 0 Å². The normalized spacial score (nSPS) is 10.8. The number of aromatic carboxylic acids is 1. The molecule has 0 aliphatic rings. The molecule has 4 rings (SSSR count). The summed E-state index contributed by atoms with van der Waals surface area (Å²) in [4.78, 5) is 31.1. The van der Waals surface area contributed by atoms with Crippen molar-refractivity contribution in [3.63, 3.8) is 0 Å². The monoisotopic (exact) mass is 388 g/mol. The number of aromatic nitrogens is 3. The lowest BCUT2D eigenvalue weighted by Gasteiger charge is -2.10. The highest BCUT2D eigenvalue weighted by Gasteiger charge is 2.12. The van der Waals surface area contributed by atoms with Gasteiger partial charge < -0.3 is 15.6 Å². The second-order valence-corrected chi connectivity index (χ2v) is 6.33. The molecule has 8 heteroatoms. The fraction of sp³-hybridized carbons (Fsp3) is 0.0476. The Hall–Kier alpha value is -4.20. The Labute approximate surface area is 164 Å². The van der Waals surface area contributed by atoms with Gasteiger partial charge in [-0.15, -0.1) is 4.73 Å². The highest BCUT2D eigenvalue weighted by Crippen LogP contribution is 2.24. The van der Waals surface area contributed by atoms with E-state index in [0.29, 0.717) is 28.0 Å². The zero-order valence-electron chi connectivity index (χ0n) is 15.1. The molecular formula is C21H16N4O4. The summed E-state index contributed by atoms with van der Waals surface area (Å²) in [6, 6.07) is 17.6. The third-order valence-electron chi connectivity index (χ3n) is 4.51. The Morgan fingerprint density at radius 3 is 2.55 bits per heavy atom. The van der Waals surface area contributed by atoms with Crippen LogP contribution in [0.4, 0.5) is 5.82 Å². The maximum atomic E-state index is 11.8. The summed E-state index contributed by atoms with van der Waals surface area (Å²) < 4.78 is 0.412. The molecule has 0 atom stereocenters. The molecule has 0 radical (unpaired) electrons. The van der Waals surface area contributed by atoms with E-state index in [2.05, 4.69) is 15.3 Å². The predicted molar refractivity (Wildman–Crippen MR) is 107 cm³/mol. The number of carboxylic acid groups (broad SMARTS) is 1. The number of pyridine rings is 1. The van der Waals surface area contributed by atoms with Crippen LogP contribution in [0.1, 0.15) is 15.9 Å². The van der Waals surface area contributed by atoms with Crippen molar-refractivity contribution in [3.8, 4) is 11.1 Å². The first-order chi connectivity index (χ1) is 14.0. The fourth-order valence-corrected chi connectivity index (χ4v) is 3.09. The van der Waals surface area contributed by atoms with Crippen molar-refractivity contribution in [2.45, 2.75) is 6.54 Å². The third kappa shape index (κ3) is 3.51. The molecule has 0 saturated heterocycles. The minimum absolute atomic E-state index is 0.121. The maximum absolute atomic E-state index is 11.8. The molecule has 8 nitrogen and oxygen atoms in total. The van der Waals surface area contributed by atoms with Crippen LogP contribution in [0.2, 0.25) is 0 Å². The van der Waals surface area contributed by atoms with Crippen LogP contribution in [0, 0.1) is 0 Å². The van der Waals surface area contributed by atoms with Gasteiger partial charge in [-0.25, -0.2) is 14.6 Å². The van der Waals surface area contributed by atoms with Crippen LogP contribution in [0.15, 0.2) is 71.7 Å². The number of hydrogen-bond acceptors (Lipinski definition) is 6. The van der Waals surface area contributed by atoms with Crippen molar-refractivity contribution in [3.05, 3.63) is 88.5 Å². The van der Waals surface area contributed by atoms with E-state index in [1.165, 1.54) is 6.20 Å². The fourth-order valence-electron chi connectivity index (χ4n) is 3.09. The van der Waals surface area contributed by atoms with E-state index in [0.717, 1.165) is 11.1 Å². The van der Waals surface area contributed by atoms with Gasteiger partial charge in [0.15, 0.2) is 5.65 Å². The Morgan fingerprint density at radius 1 is 1.03 bits per heavy atom. The molecule has 0 amide bonds. The molecule has 29 heavy (non-hydrogen) atoms. The minimum atomic E-state index is -0.975. The average Bonchev–Trinajstić information content (AvgIpc) is 2.75. The number of carbonyl (C=O) groups is 1. The van der Waals surface area contributed by atoms with Gasteiger partial charge in [0, 0.05) is 12.7 Å². The summed E-state index contributed by atoms with van der Waals surface area (Å²) in [5.74, 6) is -0.653. The number of anilines is 1. The number of carboxylic acids is 1.